The maximum Gasteiger partial charge on any atom is 0.110 e. The molecule has 0 spiro atoms. The lowest BCUT2D eigenvalue weighted by Gasteiger charge is -2.21. The number of nitrogens with one attached hydrogen (secondary N) is 1. The summed E-state index contributed by atoms with van der Waals surface area (Å²) in [7, 11) is 0. The van der Waals surface area contributed by atoms with Crippen molar-refractivity contribution in [1.82, 2.24) is 14.9 Å². The lowest BCUT2D eigenvalue weighted by atomic mass is 10.1. The molecule has 1 aliphatic carbocycles. The second-order valence-electron chi connectivity index (χ2n) is 4.87. The second-order valence-corrected chi connectivity index (χ2v) is 6.04. The lowest BCUT2D eigenvalue weighted by Crippen LogP contribution is -2.32. The summed E-state index contributed by atoms with van der Waals surface area (Å²) >= 11 is 1.57. The van der Waals surface area contributed by atoms with Crippen LogP contribution in [0.2, 0.25) is 0 Å². The largest absolute Gasteiger partial charge is 0.333 e. The third-order valence-electron chi connectivity index (χ3n) is 3.70. The van der Waals surface area contributed by atoms with Crippen molar-refractivity contribution in [2.24, 2.45) is 0 Å². The Hall–Kier alpha value is -1.64. The molecule has 0 radical (unpaired) electrons. The molecule has 2 unspecified atom stereocenters. The maximum atomic E-state index is 8.83. The fourth-order valence-electron chi connectivity index (χ4n) is 2.77. The Morgan fingerprint density at radius 1 is 1.47 bits per heavy atom. The Labute approximate surface area is 116 Å². The zero-order valence-electron chi connectivity index (χ0n) is 10.6. The Bertz CT molecular complexity index is 567. The Balaban J connectivity index is 1.61. The average Bonchev–Trinajstić information content (AvgIpc) is 3.16. The standard InChI is InChI=1S/C14H16N4S/c15-8-11-4-5-12(19-11)9-17-13-2-1-3-14(13)18-7-6-16-10-18/h4-7,10,13-14,17H,1-3,9H2. The molecule has 0 bridgehead atoms. The van der Waals surface area contributed by atoms with Crippen LogP contribution in [-0.4, -0.2) is 15.6 Å². The van der Waals surface area contributed by atoms with E-state index < -0.39 is 0 Å². The molecule has 1 saturated carbocycles. The van der Waals surface area contributed by atoms with Crippen LogP contribution in [0.15, 0.2) is 30.9 Å². The quantitative estimate of drug-likeness (QED) is 0.931. The van der Waals surface area contributed by atoms with Crippen LogP contribution in [0.1, 0.15) is 35.1 Å². The molecule has 0 aromatic carbocycles. The van der Waals surface area contributed by atoms with Crippen LogP contribution in [-0.2, 0) is 6.54 Å². The van der Waals surface area contributed by atoms with Crippen molar-refractivity contribution in [3.8, 4) is 6.07 Å². The molecule has 0 saturated heterocycles. The molecule has 4 nitrogen and oxygen atoms in total. The predicted molar refractivity (Wildman–Crippen MR) is 74.8 cm³/mol. The number of nitrogens with zero attached hydrogens (tertiary/aromatic N) is 3. The normalized spacial score (nSPS) is 22.5. The van der Waals surface area contributed by atoms with Gasteiger partial charge >= 0.3 is 0 Å². The van der Waals surface area contributed by atoms with Gasteiger partial charge in [-0.15, -0.1) is 11.3 Å². The number of aromatic nitrogens is 2. The van der Waals surface area contributed by atoms with E-state index in [1.807, 2.05) is 30.9 Å². The van der Waals surface area contributed by atoms with Gasteiger partial charge in [0.2, 0.25) is 0 Å². The molecule has 2 aromatic heterocycles. The van der Waals surface area contributed by atoms with Crippen LogP contribution in [0.3, 0.4) is 0 Å². The first-order chi connectivity index (χ1) is 9.36. The van der Waals surface area contributed by atoms with Crippen LogP contribution in [0.5, 0.6) is 0 Å². The minimum atomic E-state index is 0.502. The SMILES string of the molecule is N#Cc1ccc(CNC2CCCC2n2ccnc2)s1. The summed E-state index contributed by atoms with van der Waals surface area (Å²) in [6, 6.07) is 7.13. The predicted octanol–water partition coefficient (Wildman–Crippen LogP) is 2.70. The Kier molecular flexibility index (Phi) is 3.62. The van der Waals surface area contributed by atoms with E-state index in [2.05, 4.69) is 20.9 Å². The topological polar surface area (TPSA) is 53.6 Å². The van der Waals surface area contributed by atoms with Gasteiger partial charge in [0, 0.05) is 35.9 Å². The second kappa shape index (κ2) is 5.55. The van der Waals surface area contributed by atoms with Gasteiger partial charge in [0.05, 0.1) is 6.33 Å². The molecule has 19 heavy (non-hydrogen) atoms. The molecular weight excluding hydrogens is 256 g/mol. The minimum Gasteiger partial charge on any atom is -0.333 e. The highest BCUT2D eigenvalue weighted by Crippen LogP contribution is 2.30. The van der Waals surface area contributed by atoms with Crippen molar-refractivity contribution in [1.29, 1.82) is 5.26 Å². The van der Waals surface area contributed by atoms with Crippen molar-refractivity contribution in [3.63, 3.8) is 0 Å². The van der Waals surface area contributed by atoms with E-state index in [1.54, 1.807) is 11.3 Å². The first-order valence-electron chi connectivity index (χ1n) is 6.56. The highest BCUT2D eigenvalue weighted by molar-refractivity contribution is 7.12. The average molecular weight is 272 g/mol. The molecule has 98 valence electrons. The maximum absolute atomic E-state index is 8.83. The van der Waals surface area contributed by atoms with Gasteiger partial charge in [-0.05, 0) is 31.4 Å². The van der Waals surface area contributed by atoms with E-state index in [1.165, 1.54) is 24.1 Å². The first kappa shape index (κ1) is 12.4. The number of hydrogen-bond acceptors (Lipinski definition) is 4. The van der Waals surface area contributed by atoms with E-state index in [9.17, 15) is 0 Å². The summed E-state index contributed by atoms with van der Waals surface area (Å²) in [6.45, 7) is 0.849. The van der Waals surface area contributed by atoms with Crippen LogP contribution in [0.4, 0.5) is 0 Å². The number of nitriles is 1. The molecule has 0 aliphatic heterocycles. The first-order valence-corrected chi connectivity index (χ1v) is 7.38. The van der Waals surface area contributed by atoms with Crippen molar-refractivity contribution >= 4 is 11.3 Å². The van der Waals surface area contributed by atoms with Crippen LogP contribution in [0.25, 0.3) is 0 Å². The monoisotopic (exact) mass is 272 g/mol. The number of thiophene rings is 1. The third kappa shape index (κ3) is 2.70. The third-order valence-corrected chi connectivity index (χ3v) is 4.69. The van der Waals surface area contributed by atoms with Crippen LogP contribution in [0, 0.1) is 11.3 Å². The van der Waals surface area contributed by atoms with Gasteiger partial charge in [-0.2, -0.15) is 5.26 Å². The van der Waals surface area contributed by atoms with Crippen molar-refractivity contribution < 1.29 is 0 Å². The van der Waals surface area contributed by atoms with Gasteiger partial charge in [0.15, 0.2) is 0 Å². The lowest BCUT2D eigenvalue weighted by molar-refractivity contribution is 0.391. The van der Waals surface area contributed by atoms with Gasteiger partial charge < -0.3 is 9.88 Å². The molecule has 1 N–H and O–H groups in total. The van der Waals surface area contributed by atoms with E-state index in [4.69, 9.17) is 5.26 Å². The van der Waals surface area contributed by atoms with Gasteiger partial charge in [0.25, 0.3) is 0 Å². The van der Waals surface area contributed by atoms with Gasteiger partial charge in [-0.3, -0.25) is 0 Å². The van der Waals surface area contributed by atoms with Gasteiger partial charge in [-0.25, -0.2) is 4.98 Å². The van der Waals surface area contributed by atoms with Gasteiger partial charge in [-0.1, -0.05) is 0 Å². The highest BCUT2D eigenvalue weighted by atomic mass is 32.1. The van der Waals surface area contributed by atoms with Crippen molar-refractivity contribution in [3.05, 3.63) is 40.6 Å². The molecule has 3 rings (SSSR count). The Morgan fingerprint density at radius 3 is 3.16 bits per heavy atom. The molecule has 2 atom stereocenters. The van der Waals surface area contributed by atoms with Crippen molar-refractivity contribution in [2.75, 3.05) is 0 Å². The number of hydrogen-bond donors (Lipinski definition) is 1. The van der Waals surface area contributed by atoms with Crippen molar-refractivity contribution in [2.45, 2.75) is 37.9 Å². The van der Waals surface area contributed by atoms with Gasteiger partial charge in [0.1, 0.15) is 10.9 Å². The Morgan fingerprint density at radius 2 is 2.42 bits per heavy atom. The molecule has 1 fully saturated rings. The summed E-state index contributed by atoms with van der Waals surface area (Å²) in [4.78, 5) is 6.15. The van der Waals surface area contributed by atoms with E-state index in [0.717, 1.165) is 11.4 Å². The van der Waals surface area contributed by atoms with Crippen LogP contribution < -0.4 is 5.32 Å². The molecule has 2 heterocycles. The number of imidazole rings is 1. The zero-order chi connectivity index (χ0) is 13.1. The fraction of sp³-hybridized carbons (Fsp3) is 0.429. The highest BCUT2D eigenvalue weighted by Gasteiger charge is 2.27. The van der Waals surface area contributed by atoms with E-state index in [-0.39, 0.29) is 0 Å². The summed E-state index contributed by atoms with van der Waals surface area (Å²) in [5, 5.41) is 12.5. The molecule has 2 aromatic rings. The molecule has 0 amide bonds. The smallest absolute Gasteiger partial charge is 0.110 e. The molecule has 5 heteroatoms. The molecular formula is C14H16N4S. The van der Waals surface area contributed by atoms with E-state index in [0.29, 0.717) is 12.1 Å². The number of rotatable bonds is 4. The van der Waals surface area contributed by atoms with Crippen LogP contribution >= 0.6 is 11.3 Å². The molecule has 1 aliphatic rings. The summed E-state index contributed by atoms with van der Waals surface area (Å²) in [6.07, 6.45) is 9.47. The minimum absolute atomic E-state index is 0.502. The van der Waals surface area contributed by atoms with E-state index >= 15 is 0 Å². The summed E-state index contributed by atoms with van der Waals surface area (Å²) in [5.41, 5.74) is 0. The summed E-state index contributed by atoms with van der Waals surface area (Å²) < 4.78 is 2.21. The fourth-order valence-corrected chi connectivity index (χ4v) is 3.52. The zero-order valence-corrected chi connectivity index (χ0v) is 11.4. The summed E-state index contributed by atoms with van der Waals surface area (Å²) in [5.74, 6) is 0.